The minimum Gasteiger partial charge on any atom is -0.452 e. The number of esters is 1. The Morgan fingerprint density at radius 2 is 1.63 bits per heavy atom. The number of amides is 1. The Labute approximate surface area is 220 Å². The smallest absolute Gasteiger partial charge is 0.339 e. The number of rotatable bonds is 6. The van der Waals surface area contributed by atoms with Gasteiger partial charge in [0.25, 0.3) is 5.91 Å². The molecule has 0 saturated carbocycles. The van der Waals surface area contributed by atoms with Crippen LogP contribution in [0.5, 0.6) is 0 Å². The molecule has 2 heterocycles. The third-order valence-electron chi connectivity index (χ3n) is 6.95. The van der Waals surface area contributed by atoms with Gasteiger partial charge < -0.3 is 10.1 Å². The molecule has 6 rings (SSSR count). The summed E-state index contributed by atoms with van der Waals surface area (Å²) in [5, 5.41) is 5.70. The van der Waals surface area contributed by atoms with Gasteiger partial charge in [0.2, 0.25) is 0 Å². The summed E-state index contributed by atoms with van der Waals surface area (Å²) >= 11 is 0. The molecule has 0 radical (unpaired) electrons. The molecule has 0 bridgehead atoms. The lowest BCUT2D eigenvalue weighted by molar-refractivity contribution is -0.119. The van der Waals surface area contributed by atoms with Gasteiger partial charge in [0.05, 0.1) is 11.1 Å². The lowest BCUT2D eigenvalue weighted by Crippen LogP contribution is -2.32. The third-order valence-corrected chi connectivity index (χ3v) is 6.95. The van der Waals surface area contributed by atoms with Crippen LogP contribution in [-0.2, 0) is 29.0 Å². The largest absolute Gasteiger partial charge is 0.452 e. The van der Waals surface area contributed by atoms with Gasteiger partial charge in [-0.1, -0.05) is 78.9 Å². The van der Waals surface area contributed by atoms with E-state index < -0.39 is 5.97 Å². The molecule has 0 saturated heterocycles. The first-order chi connectivity index (χ1) is 18.6. The number of nitrogens with one attached hydrogen (secondary N) is 1. The Morgan fingerprint density at radius 1 is 0.868 bits per heavy atom. The lowest BCUT2D eigenvalue weighted by atomic mass is 9.95. The lowest BCUT2D eigenvalue weighted by Gasteiger charge is -2.30. The number of ether oxygens (including phenoxy) is 1. The Morgan fingerprint density at radius 3 is 2.50 bits per heavy atom. The Bertz CT molecular complexity index is 1650. The summed E-state index contributed by atoms with van der Waals surface area (Å²) in [5.74, 6) is -0.887. The van der Waals surface area contributed by atoms with E-state index in [9.17, 15) is 9.59 Å². The summed E-state index contributed by atoms with van der Waals surface area (Å²) < 4.78 is 5.58. The molecule has 6 nitrogen and oxygen atoms in total. The maximum Gasteiger partial charge on any atom is 0.339 e. The number of para-hydroxylation sites is 1. The number of hydrogen-bond donors (Lipinski definition) is 1. The van der Waals surface area contributed by atoms with Crippen molar-refractivity contribution in [2.75, 3.05) is 18.5 Å². The van der Waals surface area contributed by atoms with Crippen molar-refractivity contribution in [3.8, 4) is 0 Å². The van der Waals surface area contributed by atoms with Gasteiger partial charge in [-0.3, -0.25) is 14.7 Å². The van der Waals surface area contributed by atoms with E-state index in [-0.39, 0.29) is 12.5 Å². The first kappa shape index (κ1) is 23.8. The van der Waals surface area contributed by atoms with Crippen LogP contribution in [0.25, 0.3) is 21.7 Å². The van der Waals surface area contributed by atoms with Crippen molar-refractivity contribution in [1.29, 1.82) is 0 Å². The van der Waals surface area contributed by atoms with Gasteiger partial charge >= 0.3 is 5.97 Å². The van der Waals surface area contributed by atoms with E-state index >= 15 is 0 Å². The van der Waals surface area contributed by atoms with Crippen LogP contribution in [0, 0.1) is 0 Å². The van der Waals surface area contributed by atoms with Crippen molar-refractivity contribution in [3.05, 3.63) is 119 Å². The first-order valence-electron chi connectivity index (χ1n) is 12.8. The number of hydrogen-bond acceptors (Lipinski definition) is 5. The molecule has 0 atom stereocenters. The molecule has 38 heavy (non-hydrogen) atoms. The molecule has 1 N–H and O–H groups in total. The van der Waals surface area contributed by atoms with E-state index in [1.807, 2.05) is 84.9 Å². The zero-order chi connectivity index (χ0) is 25.9. The van der Waals surface area contributed by atoms with Gasteiger partial charge in [0.1, 0.15) is 0 Å². The predicted molar refractivity (Wildman–Crippen MR) is 149 cm³/mol. The number of anilines is 1. The second-order valence-electron chi connectivity index (χ2n) is 9.56. The van der Waals surface area contributed by atoms with E-state index in [1.54, 1.807) is 0 Å². The SMILES string of the molecule is O=C(COC(=O)c1c2c(nc3ccccc13)CCN(Cc1ccccc1)C2)Nc1ccc2ccccc2c1. The summed E-state index contributed by atoms with van der Waals surface area (Å²) in [7, 11) is 0. The highest BCUT2D eigenvalue weighted by atomic mass is 16.5. The van der Waals surface area contributed by atoms with Gasteiger partial charge in [0.15, 0.2) is 6.61 Å². The van der Waals surface area contributed by atoms with Crippen molar-refractivity contribution < 1.29 is 14.3 Å². The van der Waals surface area contributed by atoms with E-state index in [0.717, 1.165) is 52.4 Å². The van der Waals surface area contributed by atoms with Crippen LogP contribution >= 0.6 is 0 Å². The van der Waals surface area contributed by atoms with Crippen LogP contribution in [0.15, 0.2) is 97.1 Å². The molecule has 1 aromatic heterocycles. The van der Waals surface area contributed by atoms with Crippen LogP contribution < -0.4 is 5.32 Å². The second kappa shape index (κ2) is 10.4. The summed E-state index contributed by atoms with van der Waals surface area (Å²) in [6.45, 7) is 1.87. The zero-order valence-electron chi connectivity index (χ0n) is 20.9. The average Bonchev–Trinajstić information content (AvgIpc) is 2.95. The molecular formula is C32H27N3O3. The molecule has 1 aliphatic rings. The van der Waals surface area contributed by atoms with Gasteiger partial charge in [-0.15, -0.1) is 0 Å². The fourth-order valence-corrected chi connectivity index (χ4v) is 5.12. The predicted octanol–water partition coefficient (Wildman–Crippen LogP) is 5.74. The topological polar surface area (TPSA) is 71.5 Å². The highest BCUT2D eigenvalue weighted by Crippen LogP contribution is 2.29. The van der Waals surface area contributed by atoms with Crippen LogP contribution in [-0.4, -0.2) is 34.9 Å². The van der Waals surface area contributed by atoms with Crippen molar-refractivity contribution in [2.45, 2.75) is 19.5 Å². The van der Waals surface area contributed by atoms with E-state index in [1.165, 1.54) is 5.56 Å². The summed E-state index contributed by atoms with van der Waals surface area (Å²) in [6, 6.07) is 31.5. The van der Waals surface area contributed by atoms with Crippen LogP contribution in [0.1, 0.15) is 27.2 Å². The van der Waals surface area contributed by atoms with E-state index in [2.05, 4.69) is 22.3 Å². The molecule has 0 spiro atoms. The van der Waals surface area contributed by atoms with Crippen LogP contribution in [0.3, 0.4) is 0 Å². The number of nitrogens with zero attached hydrogens (tertiary/aromatic N) is 2. The highest BCUT2D eigenvalue weighted by Gasteiger charge is 2.27. The molecule has 0 unspecified atom stereocenters. The monoisotopic (exact) mass is 501 g/mol. The summed E-state index contributed by atoms with van der Waals surface area (Å²) in [6.07, 6.45) is 0.746. The molecule has 1 amide bonds. The van der Waals surface area contributed by atoms with Crippen molar-refractivity contribution in [1.82, 2.24) is 9.88 Å². The van der Waals surface area contributed by atoms with E-state index in [4.69, 9.17) is 9.72 Å². The minimum atomic E-state index is -0.505. The fourth-order valence-electron chi connectivity index (χ4n) is 5.12. The fraction of sp³-hybridized carbons (Fsp3) is 0.156. The van der Waals surface area contributed by atoms with Gasteiger partial charge in [0, 0.05) is 48.4 Å². The Kier molecular flexibility index (Phi) is 6.54. The number of fused-ring (bicyclic) bond motifs is 3. The van der Waals surface area contributed by atoms with Crippen molar-refractivity contribution in [2.24, 2.45) is 0 Å². The van der Waals surface area contributed by atoms with Crippen molar-refractivity contribution >= 4 is 39.2 Å². The molecule has 6 heteroatoms. The molecular weight excluding hydrogens is 474 g/mol. The average molecular weight is 502 g/mol. The quantitative estimate of drug-likeness (QED) is 0.300. The van der Waals surface area contributed by atoms with Crippen LogP contribution in [0.4, 0.5) is 5.69 Å². The Hall–Kier alpha value is -4.55. The second-order valence-corrected chi connectivity index (χ2v) is 9.56. The molecule has 0 aliphatic carbocycles. The molecule has 0 fully saturated rings. The zero-order valence-corrected chi connectivity index (χ0v) is 20.9. The minimum absolute atomic E-state index is 0.370. The third kappa shape index (κ3) is 4.99. The number of benzene rings is 4. The van der Waals surface area contributed by atoms with E-state index in [0.29, 0.717) is 17.8 Å². The number of carbonyl (C=O) groups excluding carboxylic acids is 2. The highest BCUT2D eigenvalue weighted by molar-refractivity contribution is 6.06. The van der Waals surface area contributed by atoms with Gasteiger partial charge in [-0.2, -0.15) is 0 Å². The van der Waals surface area contributed by atoms with Gasteiger partial charge in [-0.05, 0) is 34.5 Å². The molecule has 4 aromatic carbocycles. The van der Waals surface area contributed by atoms with Crippen molar-refractivity contribution in [3.63, 3.8) is 0 Å². The first-order valence-corrected chi connectivity index (χ1v) is 12.8. The molecule has 188 valence electrons. The maximum atomic E-state index is 13.5. The summed E-state index contributed by atoms with van der Waals surface area (Å²) in [5.41, 5.74) is 4.94. The molecule has 1 aliphatic heterocycles. The summed E-state index contributed by atoms with van der Waals surface area (Å²) in [4.78, 5) is 33.3. The maximum absolute atomic E-state index is 13.5. The number of aromatic nitrogens is 1. The van der Waals surface area contributed by atoms with Gasteiger partial charge in [-0.25, -0.2) is 4.79 Å². The standard InChI is InChI=1S/C32H27N3O3/c36-30(33-25-15-14-23-10-4-5-11-24(23)18-25)21-38-32(37)31-26-12-6-7-13-28(26)34-29-16-17-35(20-27(29)31)19-22-8-2-1-3-9-22/h1-15,18H,16-17,19-21H2,(H,33,36). The normalized spacial score (nSPS) is 13.3. The molecule has 5 aromatic rings. The van der Waals surface area contributed by atoms with Crippen LogP contribution in [0.2, 0.25) is 0 Å². The number of pyridine rings is 1. The Balaban J connectivity index is 1.21. The number of carbonyl (C=O) groups is 2.